The lowest BCUT2D eigenvalue weighted by Gasteiger charge is -2.13. The summed E-state index contributed by atoms with van der Waals surface area (Å²) in [5.74, 6) is -1.43. The Balaban J connectivity index is 1.59. The van der Waals surface area contributed by atoms with Crippen LogP contribution >= 0.6 is 0 Å². The smallest absolute Gasteiger partial charge is 0.335 e. The second-order valence-electron chi connectivity index (χ2n) is 8.10. The molecule has 174 valence electrons. The van der Waals surface area contributed by atoms with Crippen LogP contribution < -0.4 is 5.32 Å². The third-order valence-corrected chi connectivity index (χ3v) is 5.56. The molecule has 0 aromatic heterocycles. The Morgan fingerprint density at radius 3 is 2.14 bits per heavy atom. The Morgan fingerprint density at radius 2 is 1.43 bits per heavy atom. The number of anilines is 1. The summed E-state index contributed by atoms with van der Waals surface area (Å²) in [5.41, 5.74) is 4.21. The molecule has 0 unspecified atom stereocenters. The third-order valence-electron chi connectivity index (χ3n) is 5.56. The lowest BCUT2D eigenvalue weighted by atomic mass is 9.99. The summed E-state index contributed by atoms with van der Waals surface area (Å²) < 4.78 is 0. The van der Waals surface area contributed by atoms with Gasteiger partial charge in [-0.25, -0.2) is 4.79 Å². The van der Waals surface area contributed by atoms with Gasteiger partial charge in [0.05, 0.1) is 10.5 Å². The van der Waals surface area contributed by atoms with E-state index in [0.717, 1.165) is 11.1 Å². The highest BCUT2D eigenvalue weighted by Crippen LogP contribution is 2.24. The summed E-state index contributed by atoms with van der Waals surface area (Å²) >= 11 is 0. The lowest BCUT2D eigenvalue weighted by molar-refractivity contribution is -0.384. The molecule has 4 aromatic rings. The van der Waals surface area contributed by atoms with E-state index in [1.165, 1.54) is 24.3 Å². The number of hydrogen-bond donors (Lipinski definition) is 2. The minimum atomic E-state index is -1.10. The van der Waals surface area contributed by atoms with Gasteiger partial charge in [-0.3, -0.25) is 14.9 Å². The van der Waals surface area contributed by atoms with Gasteiger partial charge in [0.15, 0.2) is 0 Å². The summed E-state index contributed by atoms with van der Waals surface area (Å²) in [6.07, 6.45) is 0.903. The molecular weight excluding hydrogens is 444 g/mol. The molecular formula is C28H22N2O5. The fourth-order valence-electron chi connectivity index (χ4n) is 3.84. The van der Waals surface area contributed by atoms with Crippen LogP contribution in [0.15, 0.2) is 97.1 Å². The minimum absolute atomic E-state index is 0.0577. The van der Waals surface area contributed by atoms with Gasteiger partial charge in [0.1, 0.15) is 0 Å². The average Bonchev–Trinajstić information content (AvgIpc) is 2.86. The van der Waals surface area contributed by atoms with Crippen LogP contribution in [0.4, 0.5) is 11.4 Å². The van der Waals surface area contributed by atoms with Crippen molar-refractivity contribution in [1.82, 2.24) is 0 Å². The van der Waals surface area contributed by atoms with Crippen molar-refractivity contribution in [3.8, 4) is 0 Å². The zero-order valence-electron chi connectivity index (χ0n) is 18.7. The number of carboxylic acids is 1. The van der Waals surface area contributed by atoms with E-state index < -0.39 is 10.9 Å². The second kappa shape index (κ2) is 10.4. The number of nitrogens with zero attached hydrogens (tertiary/aromatic N) is 1. The number of nitrogens with one attached hydrogen (secondary N) is 1. The maximum absolute atomic E-state index is 13.1. The first-order chi connectivity index (χ1) is 16.9. The number of benzene rings is 4. The van der Waals surface area contributed by atoms with Gasteiger partial charge >= 0.3 is 5.97 Å². The second-order valence-corrected chi connectivity index (χ2v) is 8.10. The number of hydrogen-bond acceptors (Lipinski definition) is 4. The molecule has 0 spiro atoms. The Bertz CT molecular complexity index is 1400. The number of aromatic carboxylic acids is 1. The van der Waals surface area contributed by atoms with E-state index in [9.17, 15) is 24.8 Å². The molecule has 1 amide bonds. The molecule has 0 aliphatic heterocycles. The SMILES string of the molecule is O=C(O)c1ccc(NC(=O)c2cccc(Cc3ccccc3)c2)c(Cc2cccc([N+](=O)[O-])c2)c1. The van der Waals surface area contributed by atoms with Crippen molar-refractivity contribution in [2.24, 2.45) is 0 Å². The maximum Gasteiger partial charge on any atom is 0.335 e. The first kappa shape index (κ1) is 23.4. The average molecular weight is 466 g/mol. The molecule has 0 radical (unpaired) electrons. The largest absolute Gasteiger partial charge is 0.478 e. The van der Waals surface area contributed by atoms with E-state index in [-0.39, 0.29) is 23.6 Å². The van der Waals surface area contributed by atoms with Gasteiger partial charge in [-0.2, -0.15) is 0 Å². The van der Waals surface area contributed by atoms with Crippen LogP contribution in [0, 0.1) is 10.1 Å². The Labute approximate surface area is 201 Å². The molecule has 0 bridgehead atoms. The summed E-state index contributed by atoms with van der Waals surface area (Å²) in [6.45, 7) is 0. The molecule has 4 aromatic carbocycles. The summed E-state index contributed by atoms with van der Waals surface area (Å²) in [6, 6.07) is 27.8. The monoisotopic (exact) mass is 466 g/mol. The first-order valence-electron chi connectivity index (χ1n) is 10.9. The van der Waals surface area contributed by atoms with Crippen LogP contribution in [0.5, 0.6) is 0 Å². The molecule has 4 rings (SSSR count). The van der Waals surface area contributed by atoms with Gasteiger partial charge in [-0.1, -0.05) is 54.6 Å². The topological polar surface area (TPSA) is 110 Å². The molecule has 2 N–H and O–H groups in total. The van der Waals surface area contributed by atoms with E-state index in [1.807, 2.05) is 48.5 Å². The van der Waals surface area contributed by atoms with Crippen molar-refractivity contribution in [1.29, 1.82) is 0 Å². The highest BCUT2D eigenvalue weighted by molar-refractivity contribution is 6.05. The minimum Gasteiger partial charge on any atom is -0.478 e. The zero-order chi connectivity index (χ0) is 24.8. The number of amides is 1. The van der Waals surface area contributed by atoms with Crippen LogP contribution in [-0.2, 0) is 12.8 Å². The number of carbonyl (C=O) groups is 2. The van der Waals surface area contributed by atoms with Gasteiger partial charge in [-0.15, -0.1) is 0 Å². The standard InChI is InChI=1S/C28H22N2O5/c31-27(22-10-4-8-20(15-22)14-19-6-2-1-3-7-19)29-26-13-12-23(28(32)33)18-24(26)16-21-9-5-11-25(17-21)30(34)35/h1-13,15,17-18H,14,16H2,(H,29,31)(H,32,33). The molecule has 0 aliphatic carbocycles. The van der Waals surface area contributed by atoms with Gasteiger partial charge in [0.2, 0.25) is 0 Å². The van der Waals surface area contributed by atoms with Gasteiger partial charge in [0.25, 0.3) is 11.6 Å². The summed E-state index contributed by atoms with van der Waals surface area (Å²) in [5, 5.41) is 23.4. The van der Waals surface area contributed by atoms with Crippen molar-refractivity contribution in [3.63, 3.8) is 0 Å². The number of carbonyl (C=O) groups excluding carboxylic acids is 1. The van der Waals surface area contributed by atoms with Crippen LogP contribution in [0.1, 0.15) is 43.0 Å². The number of non-ortho nitro benzene ring substituents is 1. The number of nitro benzene ring substituents is 1. The Kier molecular flexibility index (Phi) is 6.97. The van der Waals surface area contributed by atoms with Crippen LogP contribution in [-0.4, -0.2) is 21.9 Å². The summed E-state index contributed by atoms with van der Waals surface area (Å²) in [7, 11) is 0. The molecule has 0 saturated carbocycles. The fourth-order valence-corrected chi connectivity index (χ4v) is 3.84. The van der Waals surface area contributed by atoms with Crippen molar-refractivity contribution in [2.45, 2.75) is 12.8 Å². The van der Waals surface area contributed by atoms with E-state index in [0.29, 0.717) is 28.8 Å². The van der Waals surface area contributed by atoms with Gasteiger partial charge in [-0.05, 0) is 65.4 Å². The van der Waals surface area contributed by atoms with E-state index in [1.54, 1.807) is 24.3 Å². The maximum atomic E-state index is 13.1. The van der Waals surface area contributed by atoms with Crippen molar-refractivity contribution >= 4 is 23.3 Å². The van der Waals surface area contributed by atoms with E-state index >= 15 is 0 Å². The van der Waals surface area contributed by atoms with Gasteiger partial charge in [0, 0.05) is 23.4 Å². The molecule has 0 saturated heterocycles. The highest BCUT2D eigenvalue weighted by Gasteiger charge is 2.15. The lowest BCUT2D eigenvalue weighted by Crippen LogP contribution is -2.14. The third kappa shape index (κ3) is 5.97. The van der Waals surface area contributed by atoms with Crippen molar-refractivity contribution in [3.05, 3.63) is 141 Å². The van der Waals surface area contributed by atoms with E-state index in [2.05, 4.69) is 5.32 Å². The number of rotatable bonds is 8. The molecule has 0 atom stereocenters. The van der Waals surface area contributed by atoms with Crippen LogP contribution in [0.3, 0.4) is 0 Å². The zero-order valence-corrected chi connectivity index (χ0v) is 18.7. The number of nitro groups is 1. The Morgan fingerprint density at radius 1 is 0.743 bits per heavy atom. The predicted octanol–water partition coefficient (Wildman–Crippen LogP) is 5.73. The quantitative estimate of drug-likeness (QED) is 0.255. The Hall–Kier alpha value is -4.78. The summed E-state index contributed by atoms with van der Waals surface area (Å²) in [4.78, 5) is 35.2. The van der Waals surface area contributed by atoms with Crippen molar-refractivity contribution < 1.29 is 19.6 Å². The fraction of sp³-hybridized carbons (Fsp3) is 0.0714. The molecule has 35 heavy (non-hydrogen) atoms. The van der Waals surface area contributed by atoms with Crippen LogP contribution in [0.25, 0.3) is 0 Å². The normalized spacial score (nSPS) is 10.5. The highest BCUT2D eigenvalue weighted by atomic mass is 16.6. The molecule has 0 heterocycles. The van der Waals surface area contributed by atoms with Gasteiger partial charge < -0.3 is 10.4 Å². The molecule has 0 aliphatic rings. The van der Waals surface area contributed by atoms with Crippen molar-refractivity contribution in [2.75, 3.05) is 5.32 Å². The molecule has 0 fully saturated rings. The predicted molar refractivity (Wildman–Crippen MR) is 133 cm³/mol. The first-order valence-corrected chi connectivity index (χ1v) is 10.9. The molecule has 7 heteroatoms. The van der Waals surface area contributed by atoms with E-state index in [4.69, 9.17) is 0 Å². The van der Waals surface area contributed by atoms with Crippen LogP contribution in [0.2, 0.25) is 0 Å². The molecule has 7 nitrogen and oxygen atoms in total. The number of carboxylic acid groups (broad SMARTS) is 1.